The Morgan fingerprint density at radius 3 is 2.74 bits per heavy atom. The number of rotatable bonds is 6. The Morgan fingerprint density at radius 2 is 2.03 bits per heavy atom. The minimum absolute atomic E-state index is 0.0461. The molecule has 0 radical (unpaired) electrons. The maximum absolute atomic E-state index is 13.7. The smallest absolute Gasteiger partial charge is 0.407 e. The predicted molar refractivity (Wildman–Crippen MR) is 143 cm³/mol. The molecule has 0 aromatic carbocycles. The molecule has 0 aliphatic carbocycles. The molecule has 1 atom stereocenters. The third kappa shape index (κ3) is 4.15. The fourth-order valence-electron chi connectivity index (χ4n) is 4.97. The highest BCUT2D eigenvalue weighted by molar-refractivity contribution is 6.10. The van der Waals surface area contributed by atoms with Gasteiger partial charge >= 0.3 is 6.09 Å². The molecule has 2 aliphatic rings. The second-order valence-corrected chi connectivity index (χ2v) is 10.8. The molecule has 3 aromatic heterocycles. The molecular formula is C27H34N8O3. The van der Waals surface area contributed by atoms with Gasteiger partial charge in [0.05, 0.1) is 17.8 Å². The zero-order chi connectivity index (χ0) is 27.4. The van der Waals surface area contributed by atoms with Crippen molar-refractivity contribution in [2.24, 2.45) is 5.92 Å². The van der Waals surface area contributed by atoms with E-state index in [4.69, 9.17) is 14.7 Å². The molecule has 11 heteroatoms. The van der Waals surface area contributed by atoms with Crippen molar-refractivity contribution >= 4 is 23.6 Å². The van der Waals surface area contributed by atoms with Crippen molar-refractivity contribution in [3.8, 4) is 11.5 Å². The molecule has 1 unspecified atom stereocenters. The van der Waals surface area contributed by atoms with Gasteiger partial charge in [-0.25, -0.2) is 14.8 Å². The third-order valence-electron chi connectivity index (χ3n) is 7.91. The molecule has 0 fully saturated rings. The number of pyridine rings is 2. The van der Waals surface area contributed by atoms with E-state index >= 15 is 0 Å². The molecule has 5 heterocycles. The number of carbonyl (C=O) groups is 2. The van der Waals surface area contributed by atoms with E-state index in [1.165, 1.54) is 7.05 Å². The summed E-state index contributed by atoms with van der Waals surface area (Å²) < 4.78 is 7.48. The second-order valence-electron chi connectivity index (χ2n) is 10.8. The van der Waals surface area contributed by atoms with Crippen LogP contribution in [0, 0.1) is 5.92 Å². The van der Waals surface area contributed by atoms with Gasteiger partial charge in [-0.2, -0.15) is 0 Å². The lowest BCUT2D eigenvalue weighted by Gasteiger charge is -2.27. The van der Waals surface area contributed by atoms with Crippen molar-refractivity contribution in [1.29, 1.82) is 0 Å². The van der Waals surface area contributed by atoms with Crippen LogP contribution in [0.4, 0.5) is 16.4 Å². The first-order valence-electron chi connectivity index (χ1n) is 12.9. The molecule has 5 rings (SSSR count). The number of fused-ring (bicyclic) bond motifs is 2. The number of amides is 2. The molecule has 3 aromatic rings. The summed E-state index contributed by atoms with van der Waals surface area (Å²) in [6.07, 6.45) is 0.303. The summed E-state index contributed by atoms with van der Waals surface area (Å²) in [6, 6.07) is 7.56. The van der Waals surface area contributed by atoms with Gasteiger partial charge < -0.3 is 19.5 Å². The SMILES string of the molecule is CNC(=O)OCc1nc(N(C)C(C)C)cc2c1CN(c1cccc(-c3nnc4n3C(C)(C)C(C)C4)n1)C2=O. The summed E-state index contributed by atoms with van der Waals surface area (Å²) >= 11 is 0. The van der Waals surface area contributed by atoms with Crippen LogP contribution in [0.15, 0.2) is 24.3 Å². The Hall–Kier alpha value is -4.02. The topological polar surface area (TPSA) is 118 Å². The highest BCUT2D eigenvalue weighted by Gasteiger charge is 2.40. The monoisotopic (exact) mass is 518 g/mol. The fourth-order valence-corrected chi connectivity index (χ4v) is 4.97. The van der Waals surface area contributed by atoms with Gasteiger partial charge in [0.25, 0.3) is 5.91 Å². The molecule has 38 heavy (non-hydrogen) atoms. The highest BCUT2D eigenvalue weighted by Crippen LogP contribution is 2.39. The van der Waals surface area contributed by atoms with Crippen LogP contribution in [-0.4, -0.2) is 56.9 Å². The first kappa shape index (κ1) is 25.6. The van der Waals surface area contributed by atoms with Crippen molar-refractivity contribution in [3.05, 3.63) is 46.9 Å². The number of ether oxygens (including phenoxy) is 1. The fraction of sp³-hybridized carbons (Fsp3) is 0.481. The van der Waals surface area contributed by atoms with Crippen LogP contribution < -0.4 is 15.1 Å². The van der Waals surface area contributed by atoms with Crippen molar-refractivity contribution in [2.45, 2.75) is 65.8 Å². The number of hydrogen-bond acceptors (Lipinski definition) is 8. The zero-order valence-electron chi connectivity index (χ0n) is 22.9. The molecule has 0 bridgehead atoms. The van der Waals surface area contributed by atoms with E-state index < -0.39 is 6.09 Å². The predicted octanol–water partition coefficient (Wildman–Crippen LogP) is 3.52. The molecule has 0 saturated heterocycles. The molecule has 2 amide bonds. The van der Waals surface area contributed by atoms with E-state index in [0.29, 0.717) is 40.3 Å². The summed E-state index contributed by atoms with van der Waals surface area (Å²) in [5.41, 5.74) is 2.32. The van der Waals surface area contributed by atoms with Crippen molar-refractivity contribution in [1.82, 2.24) is 30.0 Å². The summed E-state index contributed by atoms with van der Waals surface area (Å²) in [4.78, 5) is 38.7. The van der Waals surface area contributed by atoms with E-state index in [0.717, 1.165) is 17.8 Å². The summed E-state index contributed by atoms with van der Waals surface area (Å²) in [5, 5.41) is 11.3. The average molecular weight is 519 g/mol. The standard InChI is InChI=1S/C27H34N8O3/c1-15(2)33(7)22-12-17-18(20(30-22)14-38-26(37)28-6)13-34(25(17)36)21-10-8-9-19(29-21)24-32-31-23-11-16(3)27(4,5)35(23)24/h8-10,12,15-16H,11,13-14H2,1-7H3,(H,28,37). The van der Waals surface area contributed by atoms with Crippen LogP contribution in [0.3, 0.4) is 0 Å². The quantitative estimate of drug-likeness (QED) is 0.527. The lowest BCUT2D eigenvalue weighted by atomic mass is 9.90. The lowest BCUT2D eigenvalue weighted by molar-refractivity contribution is 0.0996. The number of carbonyl (C=O) groups excluding carboxylic acids is 2. The Bertz CT molecular complexity index is 1410. The Balaban J connectivity index is 1.51. The largest absolute Gasteiger partial charge is 0.443 e. The Kier molecular flexibility index (Phi) is 6.32. The summed E-state index contributed by atoms with van der Waals surface area (Å²) in [5.74, 6) is 3.05. The maximum atomic E-state index is 13.7. The summed E-state index contributed by atoms with van der Waals surface area (Å²) in [7, 11) is 3.42. The normalized spacial score (nSPS) is 17.5. The van der Waals surface area contributed by atoms with E-state index in [1.54, 1.807) is 11.0 Å². The van der Waals surface area contributed by atoms with Crippen molar-refractivity contribution < 1.29 is 14.3 Å². The minimum Gasteiger partial charge on any atom is -0.443 e. The number of aromatic nitrogens is 5. The van der Waals surface area contributed by atoms with E-state index in [2.05, 4.69) is 40.9 Å². The van der Waals surface area contributed by atoms with E-state index in [1.807, 2.05) is 44.0 Å². The van der Waals surface area contributed by atoms with Crippen LogP contribution >= 0.6 is 0 Å². The second kappa shape index (κ2) is 9.38. The third-order valence-corrected chi connectivity index (χ3v) is 7.91. The van der Waals surface area contributed by atoms with Gasteiger partial charge in [0, 0.05) is 37.7 Å². The van der Waals surface area contributed by atoms with Crippen molar-refractivity contribution in [2.75, 3.05) is 23.9 Å². The van der Waals surface area contributed by atoms with Crippen LogP contribution in [0.5, 0.6) is 0 Å². The van der Waals surface area contributed by atoms with Gasteiger partial charge in [-0.3, -0.25) is 9.69 Å². The molecule has 2 aliphatic heterocycles. The van der Waals surface area contributed by atoms with E-state index in [9.17, 15) is 9.59 Å². The Labute approximate surface area is 222 Å². The van der Waals surface area contributed by atoms with Gasteiger partial charge in [-0.1, -0.05) is 13.0 Å². The van der Waals surface area contributed by atoms with Gasteiger partial charge in [-0.05, 0) is 51.8 Å². The number of hydrogen-bond donors (Lipinski definition) is 1. The zero-order valence-corrected chi connectivity index (χ0v) is 22.9. The van der Waals surface area contributed by atoms with Gasteiger partial charge in [0.2, 0.25) is 0 Å². The van der Waals surface area contributed by atoms with Crippen LogP contribution in [0.1, 0.15) is 62.1 Å². The molecular weight excluding hydrogens is 484 g/mol. The first-order chi connectivity index (χ1) is 18.0. The van der Waals surface area contributed by atoms with Crippen LogP contribution in [0.25, 0.3) is 11.5 Å². The van der Waals surface area contributed by atoms with Gasteiger partial charge in [0.1, 0.15) is 29.8 Å². The van der Waals surface area contributed by atoms with Crippen molar-refractivity contribution in [3.63, 3.8) is 0 Å². The maximum Gasteiger partial charge on any atom is 0.407 e. The van der Waals surface area contributed by atoms with Gasteiger partial charge in [-0.15, -0.1) is 10.2 Å². The summed E-state index contributed by atoms with van der Waals surface area (Å²) in [6.45, 7) is 10.9. The average Bonchev–Trinajstić information content (AvgIpc) is 3.54. The number of anilines is 2. The number of alkyl carbamates (subject to hydrolysis) is 1. The molecule has 11 nitrogen and oxygen atoms in total. The lowest BCUT2D eigenvalue weighted by Crippen LogP contribution is -2.29. The number of nitrogens with one attached hydrogen (secondary N) is 1. The molecule has 1 N–H and O–H groups in total. The minimum atomic E-state index is -0.559. The van der Waals surface area contributed by atoms with Crippen LogP contribution in [-0.2, 0) is 29.8 Å². The van der Waals surface area contributed by atoms with Gasteiger partial charge in [0.15, 0.2) is 5.82 Å². The molecule has 200 valence electrons. The molecule has 0 spiro atoms. The van der Waals surface area contributed by atoms with E-state index in [-0.39, 0.29) is 30.6 Å². The highest BCUT2D eigenvalue weighted by atomic mass is 16.5. The number of nitrogens with zero attached hydrogens (tertiary/aromatic N) is 7. The Morgan fingerprint density at radius 1 is 1.26 bits per heavy atom. The first-order valence-corrected chi connectivity index (χ1v) is 12.9. The molecule has 0 saturated carbocycles. The van der Waals surface area contributed by atoms with Crippen LogP contribution in [0.2, 0.25) is 0 Å².